The first-order valence-electron chi connectivity index (χ1n) is 9.00. The Morgan fingerprint density at radius 2 is 1.81 bits per heavy atom. The normalized spacial score (nSPS) is 24.6. The van der Waals surface area contributed by atoms with E-state index in [4.69, 9.17) is 17.3 Å². The summed E-state index contributed by atoms with van der Waals surface area (Å²) >= 11 is 5.84. The van der Waals surface area contributed by atoms with E-state index in [1.165, 1.54) is 16.4 Å². The van der Waals surface area contributed by atoms with Crippen molar-refractivity contribution in [2.45, 2.75) is 31.1 Å². The van der Waals surface area contributed by atoms with Crippen LogP contribution in [0.3, 0.4) is 0 Å². The van der Waals surface area contributed by atoms with Crippen LogP contribution in [0.15, 0.2) is 29.2 Å². The lowest BCUT2D eigenvalue weighted by Gasteiger charge is -2.33. The van der Waals surface area contributed by atoms with Crippen LogP contribution in [0.5, 0.6) is 0 Å². The second-order valence-electron chi connectivity index (χ2n) is 7.66. The van der Waals surface area contributed by atoms with Gasteiger partial charge in [0, 0.05) is 37.1 Å². The van der Waals surface area contributed by atoms with Crippen molar-refractivity contribution < 1.29 is 13.2 Å². The first-order chi connectivity index (χ1) is 12.2. The first kappa shape index (κ1) is 22.4. The molecule has 2 saturated heterocycles. The predicted octanol–water partition coefficient (Wildman–Crippen LogP) is 2.36. The van der Waals surface area contributed by atoms with Crippen molar-refractivity contribution in [2.24, 2.45) is 17.1 Å². The third kappa shape index (κ3) is 4.77. The lowest BCUT2D eigenvalue weighted by molar-refractivity contribution is -0.136. The standard InChI is InChI=1S/C18H26ClN3O3S.ClH/c1-18(12-20)8-11-21(13-18)17(23)14-6-9-22(10-7-14)26(24,25)16-4-2-15(19)3-5-16;/h2-5,14H,6-13,20H2,1H3;1H. The molecule has 2 heterocycles. The maximum Gasteiger partial charge on any atom is 0.243 e. The molecule has 2 fully saturated rings. The van der Waals surface area contributed by atoms with E-state index in [2.05, 4.69) is 6.92 Å². The molecule has 6 nitrogen and oxygen atoms in total. The van der Waals surface area contributed by atoms with Gasteiger partial charge in [-0.2, -0.15) is 4.31 Å². The van der Waals surface area contributed by atoms with Gasteiger partial charge < -0.3 is 10.6 Å². The van der Waals surface area contributed by atoms with E-state index in [1.807, 2.05) is 4.90 Å². The van der Waals surface area contributed by atoms with Crippen LogP contribution in [0.2, 0.25) is 5.02 Å². The fraction of sp³-hybridized carbons (Fsp3) is 0.611. The number of amides is 1. The van der Waals surface area contributed by atoms with Crippen LogP contribution in [0.4, 0.5) is 0 Å². The molecule has 2 aliphatic heterocycles. The van der Waals surface area contributed by atoms with Crippen molar-refractivity contribution in [1.82, 2.24) is 9.21 Å². The Bertz CT molecular complexity index is 765. The number of nitrogens with zero attached hydrogens (tertiary/aromatic N) is 2. The summed E-state index contributed by atoms with van der Waals surface area (Å²) in [4.78, 5) is 14.9. The third-order valence-electron chi connectivity index (χ3n) is 5.62. The Hall–Kier alpha value is -0.860. The molecule has 2 N–H and O–H groups in total. The molecule has 1 aromatic rings. The van der Waals surface area contributed by atoms with Crippen LogP contribution in [-0.4, -0.2) is 56.3 Å². The largest absolute Gasteiger partial charge is 0.342 e. The Kier molecular flexibility index (Phi) is 7.19. The van der Waals surface area contributed by atoms with Crippen molar-refractivity contribution in [2.75, 3.05) is 32.7 Å². The van der Waals surface area contributed by atoms with E-state index < -0.39 is 10.0 Å². The summed E-state index contributed by atoms with van der Waals surface area (Å²) < 4.78 is 26.9. The van der Waals surface area contributed by atoms with Crippen LogP contribution in [0, 0.1) is 11.3 Å². The molecule has 3 rings (SSSR count). The average Bonchev–Trinajstić information content (AvgIpc) is 3.04. The van der Waals surface area contributed by atoms with E-state index in [9.17, 15) is 13.2 Å². The highest BCUT2D eigenvalue weighted by molar-refractivity contribution is 7.89. The molecule has 1 atom stereocenters. The zero-order valence-corrected chi connectivity index (χ0v) is 17.8. The van der Waals surface area contributed by atoms with Crippen LogP contribution >= 0.6 is 24.0 Å². The Morgan fingerprint density at radius 1 is 1.22 bits per heavy atom. The number of carbonyl (C=O) groups is 1. The van der Waals surface area contributed by atoms with Gasteiger partial charge in [0.25, 0.3) is 0 Å². The maximum absolute atomic E-state index is 12.8. The number of hydrogen-bond acceptors (Lipinski definition) is 4. The van der Waals surface area contributed by atoms with Crippen molar-refractivity contribution in [1.29, 1.82) is 0 Å². The monoisotopic (exact) mass is 435 g/mol. The number of nitrogens with two attached hydrogens (primary N) is 1. The highest BCUT2D eigenvalue weighted by atomic mass is 35.5. The first-order valence-corrected chi connectivity index (χ1v) is 10.8. The molecular weight excluding hydrogens is 409 g/mol. The minimum absolute atomic E-state index is 0. The van der Waals surface area contributed by atoms with Crippen LogP contribution in [-0.2, 0) is 14.8 Å². The Balaban J connectivity index is 0.00000261. The number of benzene rings is 1. The minimum Gasteiger partial charge on any atom is -0.342 e. The van der Waals surface area contributed by atoms with E-state index >= 15 is 0 Å². The molecule has 0 saturated carbocycles. The maximum atomic E-state index is 12.8. The molecular formula is C18H27Cl2N3O3S. The predicted molar refractivity (Wildman–Crippen MR) is 109 cm³/mol. The third-order valence-corrected chi connectivity index (χ3v) is 7.78. The summed E-state index contributed by atoms with van der Waals surface area (Å²) in [5, 5.41) is 0.503. The topological polar surface area (TPSA) is 83.7 Å². The summed E-state index contributed by atoms with van der Waals surface area (Å²) in [6, 6.07) is 6.19. The molecule has 2 aliphatic rings. The number of piperidine rings is 1. The molecule has 1 aromatic carbocycles. The molecule has 9 heteroatoms. The van der Waals surface area contributed by atoms with E-state index in [0.29, 0.717) is 44.0 Å². The van der Waals surface area contributed by atoms with Gasteiger partial charge in [0.1, 0.15) is 0 Å². The zero-order chi connectivity index (χ0) is 18.9. The van der Waals surface area contributed by atoms with Gasteiger partial charge in [-0.3, -0.25) is 4.79 Å². The van der Waals surface area contributed by atoms with Gasteiger partial charge in [-0.25, -0.2) is 8.42 Å². The van der Waals surface area contributed by atoms with Crippen molar-refractivity contribution in [3.05, 3.63) is 29.3 Å². The highest BCUT2D eigenvalue weighted by Crippen LogP contribution is 2.32. The Labute approximate surface area is 172 Å². The SMILES string of the molecule is CC1(CN)CCN(C(=O)C2CCN(S(=O)(=O)c3ccc(Cl)cc3)CC2)C1.Cl. The molecule has 0 spiro atoms. The van der Waals surface area contributed by atoms with Crippen molar-refractivity contribution >= 4 is 39.9 Å². The average molecular weight is 436 g/mol. The smallest absolute Gasteiger partial charge is 0.243 e. The molecule has 0 aliphatic carbocycles. The summed E-state index contributed by atoms with van der Waals surface area (Å²) in [6.07, 6.45) is 2.04. The van der Waals surface area contributed by atoms with Crippen LogP contribution in [0.25, 0.3) is 0 Å². The summed E-state index contributed by atoms with van der Waals surface area (Å²) in [6.45, 7) is 4.87. The molecule has 0 radical (unpaired) electrons. The van der Waals surface area contributed by atoms with E-state index in [-0.39, 0.29) is 34.5 Å². The van der Waals surface area contributed by atoms with E-state index in [1.54, 1.807) is 12.1 Å². The van der Waals surface area contributed by atoms with Crippen LogP contribution < -0.4 is 5.73 Å². The summed E-state index contributed by atoms with van der Waals surface area (Å²) in [7, 11) is -3.54. The van der Waals surface area contributed by atoms with Gasteiger partial charge in [0.05, 0.1) is 4.90 Å². The van der Waals surface area contributed by atoms with Gasteiger partial charge in [-0.05, 0) is 55.5 Å². The fourth-order valence-corrected chi connectivity index (χ4v) is 5.33. The number of rotatable bonds is 4. The van der Waals surface area contributed by atoms with Crippen molar-refractivity contribution in [3.8, 4) is 0 Å². The second-order valence-corrected chi connectivity index (χ2v) is 10.0. The van der Waals surface area contributed by atoms with Gasteiger partial charge in [0.15, 0.2) is 0 Å². The number of hydrogen-bond donors (Lipinski definition) is 1. The van der Waals surface area contributed by atoms with Gasteiger partial charge in [-0.1, -0.05) is 18.5 Å². The zero-order valence-electron chi connectivity index (χ0n) is 15.4. The van der Waals surface area contributed by atoms with Crippen molar-refractivity contribution in [3.63, 3.8) is 0 Å². The molecule has 27 heavy (non-hydrogen) atoms. The summed E-state index contributed by atoms with van der Waals surface area (Å²) in [5.74, 6) is 0.0394. The van der Waals surface area contributed by atoms with E-state index in [0.717, 1.165) is 13.0 Å². The van der Waals surface area contributed by atoms with Crippen LogP contribution in [0.1, 0.15) is 26.2 Å². The lowest BCUT2D eigenvalue weighted by Crippen LogP contribution is -2.44. The van der Waals surface area contributed by atoms with Gasteiger partial charge >= 0.3 is 0 Å². The molecule has 0 aromatic heterocycles. The molecule has 1 unspecified atom stereocenters. The minimum atomic E-state index is -3.54. The molecule has 1 amide bonds. The number of carbonyl (C=O) groups excluding carboxylic acids is 1. The number of sulfonamides is 1. The Morgan fingerprint density at radius 3 is 2.33 bits per heavy atom. The second kappa shape index (κ2) is 8.66. The number of halogens is 2. The quantitative estimate of drug-likeness (QED) is 0.786. The number of likely N-dealkylation sites (tertiary alicyclic amines) is 1. The lowest BCUT2D eigenvalue weighted by atomic mass is 9.90. The van der Waals surface area contributed by atoms with Gasteiger partial charge in [-0.15, -0.1) is 12.4 Å². The van der Waals surface area contributed by atoms with Gasteiger partial charge in [0.2, 0.25) is 15.9 Å². The summed E-state index contributed by atoms with van der Waals surface area (Å²) in [5.41, 5.74) is 5.83. The highest BCUT2D eigenvalue weighted by Gasteiger charge is 2.39. The molecule has 152 valence electrons. The molecule has 0 bridgehead atoms. The fourth-order valence-electron chi connectivity index (χ4n) is 3.74.